The van der Waals surface area contributed by atoms with Crippen LogP contribution in [-0.4, -0.2) is 63.3 Å². The summed E-state index contributed by atoms with van der Waals surface area (Å²) in [4.78, 5) is 0. The van der Waals surface area contributed by atoms with Crippen molar-refractivity contribution in [3.8, 4) is 0 Å². The lowest BCUT2D eigenvalue weighted by Gasteiger charge is -2.28. The number of methoxy groups -OCH3 is 2. The van der Waals surface area contributed by atoms with Crippen molar-refractivity contribution in [2.45, 2.75) is 18.3 Å². The Balaban J connectivity index is 4.18. The van der Waals surface area contributed by atoms with Gasteiger partial charge in [-0.2, -0.15) is 0 Å². The Morgan fingerprint density at radius 3 is 2.00 bits per heavy atom. The molecule has 3 nitrogen and oxygen atoms in total. The highest BCUT2D eigenvalue weighted by Crippen LogP contribution is 2.18. The maximum atomic E-state index is 9.84. The zero-order chi connectivity index (χ0) is 11.0. The van der Waals surface area contributed by atoms with Gasteiger partial charge in [-0.1, -0.05) is 0 Å². The number of ether oxygens (including phenoxy) is 2. The van der Waals surface area contributed by atoms with Gasteiger partial charge in [-0.15, -0.1) is 17.2 Å². The molecular weight excluding hydrogens is 218 g/mol. The normalized spacial score (nSPS) is 19.5. The Kier molecular flexibility index (Phi) is 9.48. The fourth-order valence-corrected chi connectivity index (χ4v) is 2.87. The standard InChI is InChI=1S/C9H22O3P2/c1-11-8(6-14-4)9(12-2)7(10)5-13-3/h7-10,13-14H,5-6H2,1-4H3. The van der Waals surface area contributed by atoms with Gasteiger partial charge in [0, 0.05) is 14.2 Å². The van der Waals surface area contributed by atoms with Gasteiger partial charge in [-0.05, 0) is 25.7 Å². The van der Waals surface area contributed by atoms with Crippen molar-refractivity contribution >= 4 is 17.2 Å². The minimum Gasteiger partial charge on any atom is -0.390 e. The van der Waals surface area contributed by atoms with Crippen LogP contribution in [0.15, 0.2) is 0 Å². The van der Waals surface area contributed by atoms with Gasteiger partial charge in [0.25, 0.3) is 0 Å². The van der Waals surface area contributed by atoms with E-state index in [1.54, 1.807) is 14.2 Å². The van der Waals surface area contributed by atoms with Crippen LogP contribution >= 0.6 is 17.2 Å². The Morgan fingerprint density at radius 1 is 1.07 bits per heavy atom. The van der Waals surface area contributed by atoms with Gasteiger partial charge < -0.3 is 14.6 Å². The number of hydrogen-bond acceptors (Lipinski definition) is 3. The van der Waals surface area contributed by atoms with Crippen LogP contribution in [0.2, 0.25) is 0 Å². The van der Waals surface area contributed by atoms with Crippen molar-refractivity contribution in [2.75, 3.05) is 39.9 Å². The summed E-state index contributed by atoms with van der Waals surface area (Å²) in [5, 5.41) is 9.84. The van der Waals surface area contributed by atoms with Crippen molar-refractivity contribution in [1.29, 1.82) is 0 Å². The minimum atomic E-state index is -0.398. The summed E-state index contributed by atoms with van der Waals surface area (Å²) in [7, 11) is 4.88. The van der Waals surface area contributed by atoms with E-state index in [4.69, 9.17) is 9.47 Å². The van der Waals surface area contributed by atoms with Crippen LogP contribution in [0.4, 0.5) is 0 Å². The molecule has 0 amide bonds. The molecule has 0 bridgehead atoms. The number of hydrogen-bond donors (Lipinski definition) is 1. The van der Waals surface area contributed by atoms with E-state index in [0.29, 0.717) is 0 Å². The van der Waals surface area contributed by atoms with Crippen molar-refractivity contribution in [1.82, 2.24) is 0 Å². The molecule has 0 rings (SSSR count). The van der Waals surface area contributed by atoms with Crippen LogP contribution in [-0.2, 0) is 9.47 Å². The molecule has 14 heavy (non-hydrogen) atoms. The Hall–Kier alpha value is 0.740. The molecule has 0 radical (unpaired) electrons. The van der Waals surface area contributed by atoms with E-state index in [-0.39, 0.29) is 12.2 Å². The highest BCUT2D eigenvalue weighted by Gasteiger charge is 2.27. The summed E-state index contributed by atoms with van der Waals surface area (Å²) in [6.45, 7) is 4.21. The predicted octanol–water partition coefficient (Wildman–Crippen LogP) is 0.994. The van der Waals surface area contributed by atoms with E-state index in [1.165, 1.54) is 0 Å². The molecule has 5 unspecified atom stereocenters. The molecule has 0 saturated carbocycles. The molecule has 0 aromatic rings. The summed E-state index contributed by atoms with van der Waals surface area (Å²) >= 11 is 0. The second-order valence-corrected chi connectivity index (χ2v) is 5.39. The van der Waals surface area contributed by atoms with Crippen molar-refractivity contribution < 1.29 is 14.6 Å². The summed E-state index contributed by atoms with van der Waals surface area (Å²) in [6, 6.07) is 0. The predicted molar refractivity (Wildman–Crippen MR) is 65.8 cm³/mol. The monoisotopic (exact) mass is 240 g/mol. The first-order chi connectivity index (χ1) is 6.71. The lowest BCUT2D eigenvalue weighted by Crippen LogP contribution is -2.42. The molecule has 0 aliphatic rings. The van der Waals surface area contributed by atoms with Gasteiger partial charge >= 0.3 is 0 Å². The third kappa shape index (κ3) is 5.00. The molecule has 5 atom stereocenters. The van der Waals surface area contributed by atoms with Crippen LogP contribution in [0, 0.1) is 0 Å². The van der Waals surface area contributed by atoms with Gasteiger partial charge in [0.05, 0.1) is 12.2 Å². The average molecular weight is 240 g/mol. The van der Waals surface area contributed by atoms with E-state index in [9.17, 15) is 5.11 Å². The van der Waals surface area contributed by atoms with E-state index >= 15 is 0 Å². The zero-order valence-corrected chi connectivity index (χ0v) is 11.4. The molecule has 5 heteroatoms. The SMILES string of the molecule is COC(CPC)C(OC)C(O)CPC. The minimum absolute atomic E-state index is 0.0229. The van der Waals surface area contributed by atoms with Crippen molar-refractivity contribution in [2.24, 2.45) is 0 Å². The summed E-state index contributed by atoms with van der Waals surface area (Å²) in [5.74, 6) is 0. The molecular formula is C9H22O3P2. The molecule has 0 aromatic heterocycles. The van der Waals surface area contributed by atoms with E-state index in [0.717, 1.165) is 29.5 Å². The fourth-order valence-electron chi connectivity index (χ4n) is 1.42. The second kappa shape index (κ2) is 9.00. The second-order valence-electron chi connectivity index (χ2n) is 3.16. The highest BCUT2D eigenvalue weighted by atomic mass is 31.1. The summed E-state index contributed by atoms with van der Waals surface area (Å²) < 4.78 is 10.6. The topological polar surface area (TPSA) is 38.7 Å². The first kappa shape index (κ1) is 14.7. The quantitative estimate of drug-likeness (QED) is 0.643. The molecule has 0 saturated heterocycles. The average Bonchev–Trinajstić information content (AvgIpc) is 2.18. The van der Waals surface area contributed by atoms with Crippen LogP contribution in [0.25, 0.3) is 0 Å². The molecule has 0 aromatic carbocycles. The highest BCUT2D eigenvalue weighted by molar-refractivity contribution is 7.37. The lowest BCUT2D eigenvalue weighted by atomic mass is 10.1. The summed E-state index contributed by atoms with van der Waals surface area (Å²) in [5.41, 5.74) is 0. The molecule has 0 spiro atoms. The number of aliphatic hydroxyl groups excluding tert-OH is 1. The maximum Gasteiger partial charge on any atom is 0.110 e. The Labute approximate surface area is 90.5 Å². The van der Waals surface area contributed by atoms with Crippen LogP contribution < -0.4 is 0 Å². The van der Waals surface area contributed by atoms with Crippen LogP contribution in [0.5, 0.6) is 0 Å². The van der Waals surface area contributed by atoms with E-state index < -0.39 is 6.10 Å². The van der Waals surface area contributed by atoms with Crippen LogP contribution in [0.1, 0.15) is 0 Å². The number of aliphatic hydroxyl groups is 1. The molecule has 0 aliphatic carbocycles. The summed E-state index contributed by atoms with van der Waals surface area (Å²) in [6.07, 6.45) is 1.20. The third-order valence-corrected chi connectivity index (χ3v) is 3.78. The smallest absolute Gasteiger partial charge is 0.110 e. The molecule has 1 N–H and O–H groups in total. The van der Waals surface area contributed by atoms with Gasteiger partial charge in [-0.25, -0.2) is 0 Å². The Morgan fingerprint density at radius 2 is 1.64 bits per heavy atom. The molecule has 86 valence electrons. The van der Waals surface area contributed by atoms with Gasteiger partial charge in [0.2, 0.25) is 0 Å². The van der Waals surface area contributed by atoms with Crippen LogP contribution in [0.3, 0.4) is 0 Å². The molecule has 0 aliphatic heterocycles. The van der Waals surface area contributed by atoms with Gasteiger partial charge in [-0.3, -0.25) is 0 Å². The molecule has 0 heterocycles. The fraction of sp³-hybridized carbons (Fsp3) is 1.00. The largest absolute Gasteiger partial charge is 0.390 e. The molecule has 0 fully saturated rings. The third-order valence-electron chi connectivity index (χ3n) is 2.14. The first-order valence-corrected chi connectivity index (χ1v) is 8.15. The van der Waals surface area contributed by atoms with E-state index in [1.807, 2.05) is 0 Å². The zero-order valence-electron chi connectivity index (χ0n) is 9.41. The van der Waals surface area contributed by atoms with Crippen molar-refractivity contribution in [3.05, 3.63) is 0 Å². The van der Waals surface area contributed by atoms with Gasteiger partial charge in [0.15, 0.2) is 0 Å². The number of rotatable bonds is 8. The van der Waals surface area contributed by atoms with Gasteiger partial charge in [0.1, 0.15) is 6.10 Å². The van der Waals surface area contributed by atoms with Crippen molar-refractivity contribution in [3.63, 3.8) is 0 Å². The lowest BCUT2D eigenvalue weighted by molar-refractivity contribution is -0.0790. The van der Waals surface area contributed by atoms with E-state index in [2.05, 4.69) is 13.3 Å². The maximum absolute atomic E-state index is 9.84. The Bertz CT molecular complexity index is 135. The first-order valence-electron chi connectivity index (χ1n) is 4.74.